The summed E-state index contributed by atoms with van der Waals surface area (Å²) in [6, 6.07) is 0. The lowest BCUT2D eigenvalue weighted by molar-refractivity contribution is -0.352. The summed E-state index contributed by atoms with van der Waals surface area (Å²) in [4.78, 5) is 12.6. The minimum absolute atomic E-state index is 0.00805. The molecule has 13 heteroatoms. The predicted octanol–water partition coefficient (Wildman–Crippen LogP) is -1.06. The number of rotatable bonds is 6. The van der Waals surface area contributed by atoms with Gasteiger partial charge in [-0.3, -0.25) is 4.79 Å². The van der Waals surface area contributed by atoms with Gasteiger partial charge in [-0.2, -0.15) is 0 Å². The monoisotopic (exact) mass is 577 g/mol. The molecule has 4 rings (SSSR count). The van der Waals surface area contributed by atoms with Crippen LogP contribution in [0, 0.1) is 5.92 Å². The van der Waals surface area contributed by atoms with E-state index in [0.29, 0.717) is 19.4 Å². The highest BCUT2D eigenvalue weighted by molar-refractivity contribution is 5.80. The summed E-state index contributed by atoms with van der Waals surface area (Å²) in [5.41, 5.74) is 0. The van der Waals surface area contributed by atoms with Gasteiger partial charge in [0.25, 0.3) is 0 Å². The second-order valence-electron chi connectivity index (χ2n) is 11.5. The average molecular weight is 578 g/mol. The number of ether oxygens (including phenoxy) is 6. The summed E-state index contributed by atoms with van der Waals surface area (Å²) in [6.07, 6.45) is -8.19. The highest BCUT2D eigenvalue weighted by Crippen LogP contribution is 2.36. The molecule has 40 heavy (non-hydrogen) atoms. The first kappa shape index (κ1) is 32.0. The zero-order chi connectivity index (χ0) is 29.0. The van der Waals surface area contributed by atoms with Gasteiger partial charge in [-0.05, 0) is 38.5 Å². The van der Waals surface area contributed by atoms with Crippen LogP contribution in [0.15, 0.2) is 0 Å². The van der Waals surface area contributed by atoms with Crippen molar-refractivity contribution >= 4 is 5.91 Å². The van der Waals surface area contributed by atoms with E-state index in [-0.39, 0.29) is 11.8 Å². The third kappa shape index (κ3) is 7.14. The Kier molecular flexibility index (Phi) is 11.6. The Morgan fingerprint density at radius 3 is 2.33 bits per heavy atom. The van der Waals surface area contributed by atoms with Crippen molar-refractivity contribution in [3.8, 4) is 0 Å². The lowest BCUT2D eigenvalue weighted by Gasteiger charge is -2.48. The Morgan fingerprint density at radius 2 is 1.60 bits per heavy atom. The van der Waals surface area contributed by atoms with Crippen LogP contribution in [0.25, 0.3) is 0 Å². The first-order valence-corrected chi connectivity index (χ1v) is 14.6. The maximum atomic E-state index is 12.6. The smallest absolute Gasteiger partial charge is 0.248 e. The SMILES string of the molecule is CNC(=O)C1CCCCCOC2C(OC3CCCC(C)C3OC3OC(C)C(O)C(O)C3O)OC(CO)C(O)C2O1. The standard InChI is InChI=1S/C27H47NO12/c1-13-8-7-10-15(22(13)40-26-21(33)20(32)18(30)14(2)36-26)38-27-24-23(19(31)17(12-29)39-27)37-16(25(34)28-3)9-5-4-6-11-35-24/h13-24,26-27,29-33H,4-12H2,1-3H3,(H,28,34). The van der Waals surface area contributed by atoms with Crippen molar-refractivity contribution in [3.63, 3.8) is 0 Å². The molecule has 14 unspecified atom stereocenters. The minimum atomic E-state index is -1.46. The van der Waals surface area contributed by atoms with Crippen molar-refractivity contribution in [1.82, 2.24) is 5.32 Å². The van der Waals surface area contributed by atoms with E-state index in [4.69, 9.17) is 28.4 Å². The minimum Gasteiger partial charge on any atom is -0.394 e. The van der Waals surface area contributed by atoms with Gasteiger partial charge in [0, 0.05) is 13.7 Å². The molecule has 0 aromatic rings. The van der Waals surface area contributed by atoms with E-state index in [9.17, 15) is 30.3 Å². The van der Waals surface area contributed by atoms with E-state index in [1.165, 1.54) is 7.05 Å². The average Bonchev–Trinajstić information content (AvgIpc) is 2.95. The van der Waals surface area contributed by atoms with Crippen molar-refractivity contribution in [2.24, 2.45) is 5.92 Å². The quantitative estimate of drug-likeness (QED) is 0.225. The summed E-state index contributed by atoms with van der Waals surface area (Å²) in [6.45, 7) is 3.45. The molecular formula is C27H47NO12. The maximum absolute atomic E-state index is 12.6. The van der Waals surface area contributed by atoms with Crippen LogP contribution in [0.4, 0.5) is 0 Å². The number of nitrogens with one attached hydrogen (secondary N) is 1. The third-order valence-electron chi connectivity index (χ3n) is 8.56. The zero-order valence-corrected chi connectivity index (χ0v) is 23.5. The number of fused-ring (bicyclic) bond motifs is 1. The molecule has 4 fully saturated rings. The third-order valence-corrected chi connectivity index (χ3v) is 8.56. The van der Waals surface area contributed by atoms with Gasteiger partial charge >= 0.3 is 0 Å². The topological polar surface area (TPSA) is 186 Å². The summed E-state index contributed by atoms with van der Waals surface area (Å²) in [7, 11) is 1.53. The van der Waals surface area contributed by atoms with Gasteiger partial charge in [-0.1, -0.05) is 26.2 Å². The number of carbonyl (C=O) groups is 1. The van der Waals surface area contributed by atoms with Crippen LogP contribution in [0.3, 0.4) is 0 Å². The molecule has 3 heterocycles. The van der Waals surface area contributed by atoms with E-state index in [1.54, 1.807) is 6.92 Å². The van der Waals surface area contributed by atoms with Crippen LogP contribution in [0.5, 0.6) is 0 Å². The maximum Gasteiger partial charge on any atom is 0.248 e. The van der Waals surface area contributed by atoms with Gasteiger partial charge in [0.15, 0.2) is 12.6 Å². The number of aliphatic hydroxyl groups is 5. The second-order valence-corrected chi connectivity index (χ2v) is 11.5. The van der Waals surface area contributed by atoms with Crippen LogP contribution >= 0.6 is 0 Å². The first-order valence-electron chi connectivity index (χ1n) is 14.6. The van der Waals surface area contributed by atoms with E-state index in [0.717, 1.165) is 32.1 Å². The molecule has 1 amide bonds. The van der Waals surface area contributed by atoms with Gasteiger partial charge in [0.05, 0.1) is 24.9 Å². The highest BCUT2D eigenvalue weighted by Gasteiger charge is 2.51. The van der Waals surface area contributed by atoms with Crippen molar-refractivity contribution < 1.29 is 58.7 Å². The molecule has 1 saturated carbocycles. The van der Waals surface area contributed by atoms with E-state index < -0.39 is 86.3 Å². The molecule has 232 valence electrons. The first-order chi connectivity index (χ1) is 19.2. The number of hydrogen-bond donors (Lipinski definition) is 6. The fraction of sp³-hybridized carbons (Fsp3) is 0.963. The van der Waals surface area contributed by atoms with Gasteiger partial charge < -0.3 is 59.3 Å². The Bertz CT molecular complexity index is 805. The summed E-state index contributed by atoms with van der Waals surface area (Å²) in [5, 5.41) is 54.6. The normalized spacial score (nSPS) is 47.2. The van der Waals surface area contributed by atoms with Crippen molar-refractivity contribution in [1.29, 1.82) is 0 Å². The molecular weight excluding hydrogens is 530 g/mol. The molecule has 0 spiro atoms. The molecule has 0 bridgehead atoms. The number of amides is 1. The van der Waals surface area contributed by atoms with E-state index >= 15 is 0 Å². The van der Waals surface area contributed by atoms with E-state index in [2.05, 4.69) is 5.32 Å². The molecule has 3 saturated heterocycles. The molecule has 14 atom stereocenters. The Morgan fingerprint density at radius 1 is 0.825 bits per heavy atom. The highest BCUT2D eigenvalue weighted by atomic mass is 16.7. The number of carbonyl (C=O) groups excluding carboxylic acids is 1. The largest absolute Gasteiger partial charge is 0.394 e. The number of aliphatic hydroxyl groups excluding tert-OH is 5. The van der Waals surface area contributed by atoms with Crippen LogP contribution in [-0.4, -0.2) is 131 Å². The summed E-state index contributed by atoms with van der Waals surface area (Å²) < 4.78 is 36.7. The zero-order valence-electron chi connectivity index (χ0n) is 23.5. The van der Waals surface area contributed by atoms with Crippen LogP contribution in [-0.2, 0) is 33.2 Å². The molecule has 13 nitrogen and oxygen atoms in total. The Hall–Kier alpha value is -0.970. The number of likely N-dealkylation sites (N-methyl/N-ethyl adjacent to an activating group) is 1. The lowest BCUT2D eigenvalue weighted by atomic mass is 9.85. The van der Waals surface area contributed by atoms with Crippen LogP contribution in [0.2, 0.25) is 0 Å². The molecule has 4 aliphatic rings. The van der Waals surface area contributed by atoms with Gasteiger partial charge in [0.1, 0.15) is 48.8 Å². The molecule has 1 aliphatic carbocycles. The number of hydrogen-bond acceptors (Lipinski definition) is 12. The molecule has 0 radical (unpaired) electrons. The van der Waals surface area contributed by atoms with Crippen LogP contribution < -0.4 is 5.32 Å². The summed E-state index contributed by atoms with van der Waals surface area (Å²) >= 11 is 0. The Labute approximate surface area is 235 Å². The molecule has 0 aromatic carbocycles. The van der Waals surface area contributed by atoms with Gasteiger partial charge in [-0.15, -0.1) is 0 Å². The second kappa shape index (κ2) is 14.5. The lowest BCUT2D eigenvalue weighted by Crippen LogP contribution is -2.63. The van der Waals surface area contributed by atoms with Crippen molar-refractivity contribution in [3.05, 3.63) is 0 Å². The van der Waals surface area contributed by atoms with Gasteiger partial charge in [-0.25, -0.2) is 0 Å². The molecule has 0 aromatic heterocycles. The summed E-state index contributed by atoms with van der Waals surface area (Å²) in [5.74, 6) is -0.315. The fourth-order valence-electron chi connectivity index (χ4n) is 6.08. The van der Waals surface area contributed by atoms with Gasteiger partial charge in [0.2, 0.25) is 5.91 Å². The molecule has 3 aliphatic heterocycles. The van der Waals surface area contributed by atoms with E-state index in [1.807, 2.05) is 6.92 Å². The predicted molar refractivity (Wildman–Crippen MR) is 138 cm³/mol. The van der Waals surface area contributed by atoms with Crippen LogP contribution in [0.1, 0.15) is 58.8 Å². The molecule has 6 N–H and O–H groups in total. The Balaban J connectivity index is 1.55. The fourth-order valence-corrected chi connectivity index (χ4v) is 6.08. The van der Waals surface area contributed by atoms with Crippen molar-refractivity contribution in [2.45, 2.75) is 139 Å². The van der Waals surface area contributed by atoms with Crippen molar-refractivity contribution in [2.75, 3.05) is 20.3 Å².